The van der Waals surface area contributed by atoms with Gasteiger partial charge in [0.1, 0.15) is 23.7 Å². The molecule has 1 aromatic carbocycles. The van der Waals surface area contributed by atoms with Crippen LogP contribution in [0.15, 0.2) is 35.6 Å². The van der Waals surface area contributed by atoms with Gasteiger partial charge in [0.05, 0.1) is 6.61 Å². The van der Waals surface area contributed by atoms with Gasteiger partial charge in [0, 0.05) is 17.1 Å². The molecule has 2 bridgehead atoms. The van der Waals surface area contributed by atoms with Gasteiger partial charge in [-0.15, -0.1) is 0 Å². The van der Waals surface area contributed by atoms with Crippen LogP contribution in [0.3, 0.4) is 0 Å². The van der Waals surface area contributed by atoms with Crippen molar-refractivity contribution >= 4 is 12.3 Å². The summed E-state index contributed by atoms with van der Waals surface area (Å²) in [5, 5.41) is 0. The van der Waals surface area contributed by atoms with E-state index in [1.807, 2.05) is 24.3 Å². The Kier molecular flexibility index (Phi) is 3.41. The summed E-state index contributed by atoms with van der Waals surface area (Å²) < 4.78 is 16.5. The second-order valence-electron chi connectivity index (χ2n) is 5.03. The standard InChI is InChI=1S/C16H16O5/c1-3-19-15(18)14-13-10-6-4-5-7-12(10)21-16(14)20-9(2)11(13)8-17/h4-8,13-14,16H,3H2,1-2H3. The quantitative estimate of drug-likeness (QED) is 0.630. The van der Waals surface area contributed by atoms with E-state index in [0.717, 1.165) is 11.8 Å². The third kappa shape index (κ3) is 2.09. The normalized spacial score (nSPS) is 26.3. The summed E-state index contributed by atoms with van der Waals surface area (Å²) in [5.41, 5.74) is 1.29. The van der Waals surface area contributed by atoms with Crippen LogP contribution in [0.5, 0.6) is 5.75 Å². The molecule has 0 N–H and O–H groups in total. The molecule has 0 radical (unpaired) electrons. The first-order valence-electron chi connectivity index (χ1n) is 6.92. The highest BCUT2D eigenvalue weighted by molar-refractivity contribution is 5.84. The molecule has 110 valence electrons. The second kappa shape index (κ2) is 5.24. The van der Waals surface area contributed by atoms with Gasteiger partial charge in [-0.2, -0.15) is 0 Å². The van der Waals surface area contributed by atoms with Gasteiger partial charge >= 0.3 is 5.97 Å². The fraction of sp³-hybridized carbons (Fsp3) is 0.375. The average molecular weight is 288 g/mol. The number of carbonyl (C=O) groups is 2. The second-order valence-corrected chi connectivity index (χ2v) is 5.03. The molecule has 3 rings (SSSR count). The maximum absolute atomic E-state index is 12.3. The van der Waals surface area contributed by atoms with Crippen molar-refractivity contribution in [3.63, 3.8) is 0 Å². The molecule has 2 aliphatic heterocycles. The van der Waals surface area contributed by atoms with Crippen LogP contribution < -0.4 is 4.74 Å². The Labute approximate surface area is 122 Å². The van der Waals surface area contributed by atoms with Crippen molar-refractivity contribution in [2.75, 3.05) is 6.61 Å². The molecule has 5 nitrogen and oxygen atoms in total. The van der Waals surface area contributed by atoms with Crippen molar-refractivity contribution in [1.29, 1.82) is 0 Å². The summed E-state index contributed by atoms with van der Waals surface area (Å²) in [5.74, 6) is -0.321. The lowest BCUT2D eigenvalue weighted by atomic mass is 9.76. The third-order valence-corrected chi connectivity index (χ3v) is 3.87. The smallest absolute Gasteiger partial charge is 0.317 e. The van der Waals surface area contributed by atoms with E-state index in [9.17, 15) is 9.59 Å². The fourth-order valence-corrected chi connectivity index (χ4v) is 2.96. The molecule has 2 heterocycles. The number of aldehydes is 1. The van der Waals surface area contributed by atoms with E-state index < -0.39 is 18.2 Å². The van der Waals surface area contributed by atoms with Crippen LogP contribution in [0.25, 0.3) is 0 Å². The summed E-state index contributed by atoms with van der Waals surface area (Å²) in [7, 11) is 0. The Balaban J connectivity index is 2.13. The monoisotopic (exact) mass is 288 g/mol. The highest BCUT2D eigenvalue weighted by atomic mass is 16.7. The van der Waals surface area contributed by atoms with Gasteiger partial charge in [-0.05, 0) is 19.9 Å². The van der Waals surface area contributed by atoms with Crippen molar-refractivity contribution < 1.29 is 23.8 Å². The number of hydrogen-bond donors (Lipinski definition) is 0. The van der Waals surface area contributed by atoms with Crippen LogP contribution >= 0.6 is 0 Å². The number of hydrogen-bond acceptors (Lipinski definition) is 5. The molecule has 3 atom stereocenters. The zero-order chi connectivity index (χ0) is 15.0. The van der Waals surface area contributed by atoms with E-state index >= 15 is 0 Å². The van der Waals surface area contributed by atoms with E-state index in [0.29, 0.717) is 17.1 Å². The molecule has 0 spiro atoms. The SMILES string of the molecule is CCOC(=O)C1C2OC(C)=C(C=O)C1c1ccccc1O2. The molecular weight excluding hydrogens is 272 g/mol. The van der Waals surface area contributed by atoms with Crippen LogP contribution in [0.1, 0.15) is 25.3 Å². The first-order chi connectivity index (χ1) is 10.2. The van der Waals surface area contributed by atoms with Gasteiger partial charge < -0.3 is 14.2 Å². The summed E-state index contributed by atoms with van der Waals surface area (Å²) in [6.45, 7) is 3.73. The minimum atomic E-state index is -0.757. The molecule has 0 saturated heterocycles. The number of benzene rings is 1. The number of fused-ring (bicyclic) bond motifs is 4. The van der Waals surface area contributed by atoms with Crippen molar-refractivity contribution in [2.45, 2.75) is 26.1 Å². The van der Waals surface area contributed by atoms with E-state index in [4.69, 9.17) is 14.2 Å². The van der Waals surface area contributed by atoms with Crippen molar-refractivity contribution in [2.24, 2.45) is 5.92 Å². The number of para-hydroxylation sites is 1. The Morgan fingerprint density at radius 3 is 2.81 bits per heavy atom. The molecule has 0 aromatic heterocycles. The third-order valence-electron chi connectivity index (χ3n) is 3.87. The molecule has 3 unspecified atom stereocenters. The molecule has 0 fully saturated rings. The molecule has 21 heavy (non-hydrogen) atoms. The van der Waals surface area contributed by atoms with E-state index in [-0.39, 0.29) is 12.5 Å². The number of carbonyl (C=O) groups excluding carboxylic acids is 2. The summed E-state index contributed by atoms with van der Waals surface area (Å²) >= 11 is 0. The largest absolute Gasteiger partial charge is 0.466 e. The fourth-order valence-electron chi connectivity index (χ4n) is 2.96. The van der Waals surface area contributed by atoms with Gasteiger partial charge in [-0.25, -0.2) is 0 Å². The molecule has 5 heteroatoms. The minimum absolute atomic E-state index is 0.273. The van der Waals surface area contributed by atoms with Crippen LogP contribution in [0, 0.1) is 5.92 Å². The van der Waals surface area contributed by atoms with Gasteiger partial charge in [0.25, 0.3) is 6.29 Å². The summed E-state index contributed by atoms with van der Waals surface area (Å²) in [6.07, 6.45) is -0.00230. The lowest BCUT2D eigenvalue weighted by Crippen LogP contribution is -2.47. The summed E-state index contributed by atoms with van der Waals surface area (Å²) in [6, 6.07) is 7.38. The van der Waals surface area contributed by atoms with Crippen molar-refractivity contribution in [3.8, 4) is 5.75 Å². The molecule has 0 amide bonds. The van der Waals surface area contributed by atoms with Gasteiger partial charge in [0.2, 0.25) is 0 Å². The molecular formula is C16H16O5. The number of allylic oxidation sites excluding steroid dienone is 2. The van der Waals surface area contributed by atoms with Crippen molar-refractivity contribution in [1.82, 2.24) is 0 Å². The molecule has 2 aliphatic rings. The predicted octanol–water partition coefficient (Wildman–Crippen LogP) is 2.17. The minimum Gasteiger partial charge on any atom is -0.466 e. The Morgan fingerprint density at radius 1 is 1.33 bits per heavy atom. The molecule has 1 aromatic rings. The predicted molar refractivity (Wildman–Crippen MR) is 73.6 cm³/mol. The lowest BCUT2D eigenvalue weighted by molar-refractivity contribution is -0.171. The van der Waals surface area contributed by atoms with Crippen LogP contribution in [-0.2, 0) is 19.1 Å². The van der Waals surface area contributed by atoms with E-state index in [2.05, 4.69) is 0 Å². The average Bonchev–Trinajstić information content (AvgIpc) is 2.47. The van der Waals surface area contributed by atoms with E-state index in [1.54, 1.807) is 13.8 Å². The zero-order valence-electron chi connectivity index (χ0n) is 11.9. The van der Waals surface area contributed by atoms with Gasteiger partial charge in [-0.1, -0.05) is 18.2 Å². The first-order valence-corrected chi connectivity index (χ1v) is 6.92. The van der Waals surface area contributed by atoms with Crippen LogP contribution in [0.2, 0.25) is 0 Å². The number of ether oxygens (including phenoxy) is 3. The highest BCUT2D eigenvalue weighted by Gasteiger charge is 2.50. The van der Waals surface area contributed by atoms with Crippen LogP contribution in [0.4, 0.5) is 0 Å². The topological polar surface area (TPSA) is 61.8 Å². The molecule has 0 saturated carbocycles. The first kappa shape index (κ1) is 13.7. The van der Waals surface area contributed by atoms with Gasteiger partial charge in [-0.3, -0.25) is 9.59 Å². The lowest BCUT2D eigenvalue weighted by Gasteiger charge is -2.42. The number of rotatable bonds is 3. The van der Waals surface area contributed by atoms with E-state index in [1.165, 1.54) is 0 Å². The Bertz CT molecular complexity index is 619. The zero-order valence-corrected chi connectivity index (χ0v) is 11.9. The maximum Gasteiger partial charge on any atom is 0.317 e. The Morgan fingerprint density at radius 2 is 2.10 bits per heavy atom. The Hall–Kier alpha value is -2.30. The van der Waals surface area contributed by atoms with Crippen LogP contribution in [-0.4, -0.2) is 25.2 Å². The van der Waals surface area contributed by atoms with Gasteiger partial charge in [0.15, 0.2) is 0 Å². The molecule has 0 aliphatic carbocycles. The highest BCUT2D eigenvalue weighted by Crippen LogP contribution is 2.48. The maximum atomic E-state index is 12.3. The number of esters is 1. The summed E-state index contributed by atoms with van der Waals surface area (Å²) in [4.78, 5) is 23.7. The van der Waals surface area contributed by atoms with Crippen molar-refractivity contribution in [3.05, 3.63) is 41.2 Å².